The van der Waals surface area contributed by atoms with Crippen molar-refractivity contribution in [3.63, 3.8) is 0 Å². The average Bonchev–Trinajstić information content (AvgIpc) is 2.87. The van der Waals surface area contributed by atoms with Gasteiger partial charge in [-0.05, 0) is 23.9 Å². The van der Waals surface area contributed by atoms with E-state index in [-0.39, 0.29) is 11.5 Å². The fraction of sp³-hybridized carbons (Fsp3) is 0.200. The Morgan fingerprint density at radius 3 is 2.82 bits per heavy atom. The van der Waals surface area contributed by atoms with Gasteiger partial charge in [0.05, 0.1) is 17.6 Å². The number of nitrogens with two attached hydrogens (primary N) is 1. The number of rotatable bonds is 4. The summed E-state index contributed by atoms with van der Waals surface area (Å²) in [6.07, 6.45) is 1.32. The predicted octanol–water partition coefficient (Wildman–Crippen LogP) is 0.689. The second kappa shape index (κ2) is 4.46. The minimum absolute atomic E-state index is 0.0347. The SMILES string of the molecule is CC(=O)c1cc(Cn2ncc(C(N)=O)n2)cs1. The Kier molecular flexibility index (Phi) is 3.01. The van der Waals surface area contributed by atoms with Crippen LogP contribution in [0.2, 0.25) is 0 Å². The van der Waals surface area contributed by atoms with Gasteiger partial charge in [-0.25, -0.2) is 0 Å². The fourth-order valence-electron chi connectivity index (χ4n) is 1.29. The highest BCUT2D eigenvalue weighted by molar-refractivity contribution is 7.12. The van der Waals surface area contributed by atoms with Crippen LogP contribution in [-0.2, 0) is 6.54 Å². The third kappa shape index (κ3) is 2.56. The molecule has 0 spiro atoms. The lowest BCUT2D eigenvalue weighted by molar-refractivity contribution is 0.0992. The molecule has 2 rings (SSSR count). The van der Waals surface area contributed by atoms with E-state index in [4.69, 9.17) is 5.73 Å². The van der Waals surface area contributed by atoms with E-state index in [2.05, 4.69) is 10.2 Å². The van der Waals surface area contributed by atoms with Gasteiger partial charge in [0.25, 0.3) is 5.91 Å². The molecule has 2 N–H and O–H groups in total. The third-order valence-electron chi connectivity index (χ3n) is 2.11. The molecule has 0 fully saturated rings. The highest BCUT2D eigenvalue weighted by Gasteiger charge is 2.08. The molecular weight excluding hydrogens is 240 g/mol. The van der Waals surface area contributed by atoms with Gasteiger partial charge in [-0.15, -0.1) is 16.4 Å². The first-order valence-electron chi connectivity index (χ1n) is 4.84. The zero-order valence-electron chi connectivity index (χ0n) is 9.08. The number of carbonyl (C=O) groups excluding carboxylic acids is 2. The summed E-state index contributed by atoms with van der Waals surface area (Å²) < 4.78 is 0. The van der Waals surface area contributed by atoms with Crippen molar-refractivity contribution in [1.29, 1.82) is 0 Å². The Hall–Kier alpha value is -2.02. The minimum atomic E-state index is -0.606. The summed E-state index contributed by atoms with van der Waals surface area (Å²) in [5.74, 6) is -0.571. The van der Waals surface area contributed by atoms with Gasteiger partial charge in [0.2, 0.25) is 0 Å². The summed E-state index contributed by atoms with van der Waals surface area (Å²) in [4.78, 5) is 24.0. The zero-order valence-corrected chi connectivity index (χ0v) is 9.90. The number of carbonyl (C=O) groups is 2. The topological polar surface area (TPSA) is 90.9 Å². The summed E-state index contributed by atoms with van der Waals surface area (Å²) >= 11 is 1.38. The Labute approximate surface area is 101 Å². The maximum Gasteiger partial charge on any atom is 0.270 e. The molecular formula is C10H10N4O2S. The molecule has 17 heavy (non-hydrogen) atoms. The molecule has 0 aromatic carbocycles. The van der Waals surface area contributed by atoms with Gasteiger partial charge in [-0.2, -0.15) is 9.90 Å². The maximum atomic E-state index is 11.1. The van der Waals surface area contributed by atoms with Gasteiger partial charge < -0.3 is 5.73 Å². The number of hydrogen-bond donors (Lipinski definition) is 1. The lowest BCUT2D eigenvalue weighted by Crippen LogP contribution is -2.12. The lowest BCUT2D eigenvalue weighted by atomic mass is 10.3. The van der Waals surface area contributed by atoms with E-state index in [1.54, 1.807) is 6.07 Å². The Morgan fingerprint density at radius 1 is 1.53 bits per heavy atom. The van der Waals surface area contributed by atoms with E-state index in [1.165, 1.54) is 29.3 Å². The van der Waals surface area contributed by atoms with Crippen molar-refractivity contribution in [3.8, 4) is 0 Å². The molecule has 88 valence electrons. The van der Waals surface area contributed by atoms with Crippen LogP contribution < -0.4 is 5.73 Å². The molecule has 1 amide bonds. The van der Waals surface area contributed by atoms with Gasteiger partial charge in [-0.3, -0.25) is 9.59 Å². The fourth-order valence-corrected chi connectivity index (χ4v) is 2.10. The summed E-state index contributed by atoms with van der Waals surface area (Å²) in [5, 5.41) is 9.69. The average molecular weight is 250 g/mol. The number of Topliss-reactive ketones (excluding diaryl/α,β-unsaturated/α-hetero) is 1. The summed E-state index contributed by atoms with van der Waals surface area (Å²) in [7, 11) is 0. The maximum absolute atomic E-state index is 11.1. The van der Waals surface area contributed by atoms with Gasteiger partial charge in [0.15, 0.2) is 11.5 Å². The second-order valence-electron chi connectivity index (χ2n) is 3.50. The number of ketones is 1. The Bertz CT molecular complexity index is 522. The molecule has 0 atom stereocenters. The van der Waals surface area contributed by atoms with Gasteiger partial charge in [0.1, 0.15) is 0 Å². The van der Waals surface area contributed by atoms with E-state index in [9.17, 15) is 9.59 Å². The largest absolute Gasteiger partial charge is 0.364 e. The van der Waals surface area contributed by atoms with Crippen molar-refractivity contribution < 1.29 is 9.59 Å². The van der Waals surface area contributed by atoms with E-state index in [0.717, 1.165) is 5.56 Å². The lowest BCUT2D eigenvalue weighted by Gasteiger charge is -1.95. The van der Waals surface area contributed by atoms with E-state index in [0.29, 0.717) is 11.4 Å². The number of amides is 1. The molecule has 0 unspecified atom stereocenters. The molecule has 2 aromatic heterocycles. The number of hydrogen-bond acceptors (Lipinski definition) is 5. The monoisotopic (exact) mass is 250 g/mol. The van der Waals surface area contributed by atoms with Crippen LogP contribution in [0, 0.1) is 0 Å². The molecule has 0 radical (unpaired) electrons. The van der Waals surface area contributed by atoms with Crippen molar-refractivity contribution in [1.82, 2.24) is 15.0 Å². The molecule has 2 heterocycles. The van der Waals surface area contributed by atoms with E-state index in [1.807, 2.05) is 5.38 Å². The number of thiophene rings is 1. The van der Waals surface area contributed by atoms with Gasteiger partial charge in [0, 0.05) is 0 Å². The molecule has 0 saturated carbocycles. The number of nitrogens with zero attached hydrogens (tertiary/aromatic N) is 3. The predicted molar refractivity (Wildman–Crippen MR) is 62.0 cm³/mol. The van der Waals surface area contributed by atoms with Crippen molar-refractivity contribution in [2.45, 2.75) is 13.5 Å². The van der Waals surface area contributed by atoms with Crippen molar-refractivity contribution in [3.05, 3.63) is 33.8 Å². The quantitative estimate of drug-likeness (QED) is 0.808. The van der Waals surface area contributed by atoms with Crippen LogP contribution in [0.4, 0.5) is 0 Å². The van der Waals surface area contributed by atoms with Gasteiger partial charge in [-0.1, -0.05) is 0 Å². The van der Waals surface area contributed by atoms with Crippen molar-refractivity contribution in [2.75, 3.05) is 0 Å². The molecule has 6 nitrogen and oxygen atoms in total. The van der Waals surface area contributed by atoms with Crippen LogP contribution in [0.15, 0.2) is 17.6 Å². The molecule has 0 aliphatic carbocycles. The van der Waals surface area contributed by atoms with E-state index >= 15 is 0 Å². The second-order valence-corrected chi connectivity index (χ2v) is 4.41. The first-order chi connectivity index (χ1) is 8.06. The van der Waals surface area contributed by atoms with Crippen molar-refractivity contribution in [2.24, 2.45) is 5.73 Å². The highest BCUT2D eigenvalue weighted by Crippen LogP contribution is 2.15. The molecule has 0 aliphatic rings. The summed E-state index contributed by atoms with van der Waals surface area (Å²) in [6.45, 7) is 1.93. The standard InChI is InChI=1S/C10H10N4O2S/c1-6(15)9-2-7(5-17-9)4-14-12-3-8(13-14)10(11)16/h2-3,5H,4H2,1H3,(H2,11,16). The van der Waals surface area contributed by atoms with E-state index < -0.39 is 5.91 Å². The minimum Gasteiger partial charge on any atom is -0.364 e. The van der Waals surface area contributed by atoms with Crippen LogP contribution in [0.1, 0.15) is 32.6 Å². The Balaban J connectivity index is 2.13. The molecule has 0 bridgehead atoms. The molecule has 0 saturated heterocycles. The van der Waals surface area contributed by atoms with Crippen LogP contribution in [0.5, 0.6) is 0 Å². The molecule has 0 aliphatic heterocycles. The highest BCUT2D eigenvalue weighted by atomic mass is 32.1. The normalized spacial score (nSPS) is 10.4. The zero-order chi connectivity index (χ0) is 12.4. The van der Waals surface area contributed by atoms with Crippen LogP contribution in [-0.4, -0.2) is 26.7 Å². The first-order valence-corrected chi connectivity index (χ1v) is 5.72. The molecule has 2 aromatic rings. The third-order valence-corrected chi connectivity index (χ3v) is 3.19. The summed E-state index contributed by atoms with van der Waals surface area (Å²) in [6, 6.07) is 1.79. The number of primary amides is 1. The van der Waals surface area contributed by atoms with Gasteiger partial charge >= 0.3 is 0 Å². The smallest absolute Gasteiger partial charge is 0.270 e. The van der Waals surface area contributed by atoms with Crippen LogP contribution >= 0.6 is 11.3 Å². The number of aromatic nitrogens is 3. The first kappa shape index (κ1) is 11.5. The molecule has 7 heteroatoms. The Morgan fingerprint density at radius 2 is 2.29 bits per heavy atom. The summed E-state index contributed by atoms with van der Waals surface area (Å²) in [5.41, 5.74) is 6.12. The van der Waals surface area contributed by atoms with Crippen molar-refractivity contribution >= 4 is 23.0 Å². The van der Waals surface area contributed by atoms with Crippen LogP contribution in [0.25, 0.3) is 0 Å². The van der Waals surface area contributed by atoms with Crippen LogP contribution in [0.3, 0.4) is 0 Å².